The first-order valence-corrected chi connectivity index (χ1v) is 7.32. The van der Waals surface area contributed by atoms with E-state index in [4.69, 9.17) is 4.74 Å². The number of rotatable bonds is 4. The van der Waals surface area contributed by atoms with Gasteiger partial charge in [0.15, 0.2) is 5.13 Å². The fourth-order valence-corrected chi connectivity index (χ4v) is 2.88. The van der Waals surface area contributed by atoms with E-state index in [1.54, 1.807) is 11.3 Å². The van der Waals surface area contributed by atoms with E-state index >= 15 is 0 Å². The molecule has 0 spiro atoms. The zero-order valence-electron chi connectivity index (χ0n) is 12.5. The molecule has 0 aliphatic rings. The molecular weight excluding hydrogens is 272 g/mol. The summed E-state index contributed by atoms with van der Waals surface area (Å²) in [5.74, 6) is -0.240. The molecule has 1 heterocycles. The fraction of sp³-hybridized carbons (Fsp3) is 0.467. The lowest BCUT2D eigenvalue weighted by Crippen LogP contribution is -2.51. The van der Waals surface area contributed by atoms with Gasteiger partial charge in [0.2, 0.25) is 0 Å². The second kappa shape index (κ2) is 5.05. The molecule has 20 heavy (non-hydrogen) atoms. The van der Waals surface area contributed by atoms with Crippen LogP contribution in [0, 0.1) is 5.41 Å². The number of esters is 1. The predicted octanol–water partition coefficient (Wildman–Crippen LogP) is 3.69. The summed E-state index contributed by atoms with van der Waals surface area (Å²) in [6.07, 6.45) is 0. The lowest BCUT2D eigenvalue weighted by Gasteiger charge is -2.39. The maximum absolute atomic E-state index is 12.0. The van der Waals surface area contributed by atoms with E-state index in [0.29, 0.717) is 0 Å². The molecule has 1 aromatic heterocycles. The Morgan fingerprint density at radius 1 is 1.25 bits per heavy atom. The van der Waals surface area contributed by atoms with Gasteiger partial charge in [-0.3, -0.25) is 4.79 Å². The molecule has 0 amide bonds. The summed E-state index contributed by atoms with van der Waals surface area (Å²) in [5, 5.41) is 4.18. The zero-order valence-corrected chi connectivity index (χ0v) is 13.3. The number of fused-ring (bicyclic) bond motifs is 1. The van der Waals surface area contributed by atoms with Crippen LogP contribution in [0.5, 0.6) is 0 Å². The van der Waals surface area contributed by atoms with Gasteiger partial charge in [-0.1, -0.05) is 23.5 Å². The van der Waals surface area contributed by atoms with Crippen molar-refractivity contribution in [1.29, 1.82) is 0 Å². The van der Waals surface area contributed by atoms with Crippen LogP contribution in [0.1, 0.15) is 27.7 Å². The summed E-state index contributed by atoms with van der Waals surface area (Å²) in [5.41, 5.74) is -0.181. The third kappa shape index (κ3) is 2.50. The lowest BCUT2D eigenvalue weighted by atomic mass is 9.74. The monoisotopic (exact) mass is 292 g/mol. The van der Waals surface area contributed by atoms with Gasteiger partial charge in [0, 0.05) is 5.54 Å². The first-order valence-electron chi connectivity index (χ1n) is 6.50. The highest BCUT2D eigenvalue weighted by Crippen LogP contribution is 2.36. The van der Waals surface area contributed by atoms with Crippen LogP contribution in [-0.2, 0) is 9.53 Å². The Bertz CT molecular complexity index is 599. The van der Waals surface area contributed by atoms with E-state index in [1.807, 2.05) is 52.0 Å². The summed E-state index contributed by atoms with van der Waals surface area (Å²) in [6.45, 7) is 7.71. The number of carbonyl (C=O) groups is 1. The van der Waals surface area contributed by atoms with Gasteiger partial charge in [0.25, 0.3) is 0 Å². The van der Waals surface area contributed by atoms with Crippen molar-refractivity contribution in [2.45, 2.75) is 33.2 Å². The molecule has 0 aliphatic heterocycles. The second-order valence-electron chi connectivity index (χ2n) is 5.85. The van der Waals surface area contributed by atoms with Gasteiger partial charge in [-0.25, -0.2) is 4.98 Å². The van der Waals surface area contributed by atoms with Gasteiger partial charge >= 0.3 is 5.97 Å². The maximum Gasteiger partial charge on any atom is 0.313 e. The Morgan fingerprint density at radius 2 is 1.90 bits per heavy atom. The Hall–Kier alpha value is -1.62. The normalized spacial score (nSPS) is 12.4. The van der Waals surface area contributed by atoms with Gasteiger partial charge in [0.1, 0.15) is 0 Å². The highest BCUT2D eigenvalue weighted by Gasteiger charge is 2.44. The largest absolute Gasteiger partial charge is 0.469 e. The van der Waals surface area contributed by atoms with Crippen LogP contribution in [0.15, 0.2) is 24.3 Å². The average Bonchev–Trinajstić information content (AvgIpc) is 2.78. The quantitative estimate of drug-likeness (QED) is 0.873. The van der Waals surface area contributed by atoms with Crippen LogP contribution in [0.25, 0.3) is 10.2 Å². The molecule has 108 valence electrons. The second-order valence-corrected chi connectivity index (χ2v) is 6.88. The van der Waals surface area contributed by atoms with E-state index in [-0.39, 0.29) is 5.97 Å². The molecule has 0 aliphatic carbocycles. The third-order valence-electron chi connectivity index (χ3n) is 3.97. The highest BCUT2D eigenvalue weighted by atomic mass is 32.1. The molecule has 0 saturated heterocycles. The molecule has 0 bridgehead atoms. The SMILES string of the molecule is COC(=O)C(C)(C)C(C)(C)Nc1nc2ccccc2s1. The number of aromatic nitrogens is 1. The van der Waals surface area contributed by atoms with Crippen molar-refractivity contribution in [3.05, 3.63) is 24.3 Å². The molecular formula is C15H20N2O2S. The van der Waals surface area contributed by atoms with E-state index in [2.05, 4.69) is 10.3 Å². The van der Waals surface area contributed by atoms with E-state index in [1.165, 1.54) is 7.11 Å². The molecule has 0 fully saturated rings. The van der Waals surface area contributed by atoms with Crippen molar-refractivity contribution in [2.24, 2.45) is 5.41 Å². The van der Waals surface area contributed by atoms with Crippen LogP contribution in [0.3, 0.4) is 0 Å². The van der Waals surface area contributed by atoms with Crippen LogP contribution in [0.4, 0.5) is 5.13 Å². The average molecular weight is 292 g/mol. The molecule has 0 atom stereocenters. The van der Waals surface area contributed by atoms with Crippen molar-refractivity contribution in [2.75, 3.05) is 12.4 Å². The Morgan fingerprint density at radius 3 is 2.50 bits per heavy atom. The number of thiazole rings is 1. The molecule has 1 N–H and O–H groups in total. The van der Waals surface area contributed by atoms with Crippen molar-refractivity contribution in [3.63, 3.8) is 0 Å². The van der Waals surface area contributed by atoms with Crippen molar-refractivity contribution in [3.8, 4) is 0 Å². The number of nitrogens with one attached hydrogen (secondary N) is 1. The van der Waals surface area contributed by atoms with E-state index < -0.39 is 11.0 Å². The number of nitrogens with zero attached hydrogens (tertiary/aromatic N) is 1. The summed E-state index contributed by atoms with van der Waals surface area (Å²) < 4.78 is 6.03. The predicted molar refractivity (Wildman–Crippen MR) is 83.1 cm³/mol. The summed E-state index contributed by atoms with van der Waals surface area (Å²) in [4.78, 5) is 16.5. The summed E-state index contributed by atoms with van der Waals surface area (Å²) in [6, 6.07) is 7.98. The van der Waals surface area contributed by atoms with E-state index in [0.717, 1.165) is 15.3 Å². The maximum atomic E-state index is 12.0. The number of ether oxygens (including phenoxy) is 1. The summed E-state index contributed by atoms with van der Waals surface area (Å²) in [7, 11) is 1.41. The molecule has 2 rings (SSSR count). The highest BCUT2D eigenvalue weighted by molar-refractivity contribution is 7.22. The number of hydrogen-bond acceptors (Lipinski definition) is 5. The number of anilines is 1. The minimum absolute atomic E-state index is 0.240. The standard InChI is InChI=1S/C15H20N2O2S/c1-14(2,12(18)19-5)15(3,4)17-13-16-10-8-6-7-9-11(10)20-13/h6-9H,1-5H3,(H,16,17). The number of para-hydroxylation sites is 1. The van der Waals surface area contributed by atoms with Gasteiger partial charge in [0.05, 0.1) is 22.7 Å². The van der Waals surface area contributed by atoms with Crippen LogP contribution < -0.4 is 5.32 Å². The Balaban J connectivity index is 2.29. The molecule has 1 aromatic carbocycles. The molecule has 0 unspecified atom stereocenters. The van der Waals surface area contributed by atoms with E-state index in [9.17, 15) is 4.79 Å². The first-order chi connectivity index (χ1) is 9.28. The molecule has 5 heteroatoms. The van der Waals surface area contributed by atoms with Gasteiger partial charge in [-0.15, -0.1) is 0 Å². The molecule has 0 saturated carbocycles. The number of carbonyl (C=O) groups excluding carboxylic acids is 1. The van der Waals surface area contributed by atoms with Crippen LogP contribution >= 0.6 is 11.3 Å². The van der Waals surface area contributed by atoms with Crippen molar-refractivity contribution >= 4 is 32.7 Å². The minimum Gasteiger partial charge on any atom is -0.469 e. The van der Waals surface area contributed by atoms with Crippen LogP contribution in [-0.4, -0.2) is 23.6 Å². The first kappa shape index (κ1) is 14.8. The number of hydrogen-bond donors (Lipinski definition) is 1. The summed E-state index contributed by atoms with van der Waals surface area (Å²) >= 11 is 1.59. The fourth-order valence-electron chi connectivity index (χ4n) is 1.86. The Kier molecular flexibility index (Phi) is 3.73. The molecule has 4 nitrogen and oxygen atoms in total. The third-order valence-corrected chi connectivity index (χ3v) is 4.92. The molecule has 2 aromatic rings. The Labute approximate surface area is 123 Å². The van der Waals surface area contributed by atoms with Crippen molar-refractivity contribution < 1.29 is 9.53 Å². The zero-order chi connectivity index (χ0) is 15.0. The van der Waals surface area contributed by atoms with Gasteiger partial charge in [-0.05, 0) is 39.8 Å². The van der Waals surface area contributed by atoms with Crippen LogP contribution in [0.2, 0.25) is 0 Å². The van der Waals surface area contributed by atoms with Gasteiger partial charge < -0.3 is 10.1 Å². The van der Waals surface area contributed by atoms with Crippen molar-refractivity contribution in [1.82, 2.24) is 4.98 Å². The smallest absolute Gasteiger partial charge is 0.313 e. The number of methoxy groups -OCH3 is 1. The van der Waals surface area contributed by atoms with Gasteiger partial charge in [-0.2, -0.15) is 0 Å². The minimum atomic E-state index is -0.667. The topological polar surface area (TPSA) is 51.2 Å². The number of benzene rings is 1. The lowest BCUT2D eigenvalue weighted by molar-refractivity contribution is -0.153. The molecule has 0 radical (unpaired) electrons.